The molecule has 0 aromatic heterocycles. The lowest BCUT2D eigenvalue weighted by molar-refractivity contribution is -0.124. The maximum atomic E-state index is 13.0. The van der Waals surface area contributed by atoms with Gasteiger partial charge in [0.2, 0.25) is 5.91 Å². The summed E-state index contributed by atoms with van der Waals surface area (Å²) in [5.74, 6) is -0.430. The largest absolute Gasteiger partial charge is 0.494 e. The van der Waals surface area contributed by atoms with E-state index in [1.807, 2.05) is 0 Å². The Morgan fingerprint density at radius 1 is 1.09 bits per heavy atom. The minimum atomic E-state index is -0.437. The van der Waals surface area contributed by atoms with Crippen LogP contribution in [0.25, 0.3) is 6.08 Å². The van der Waals surface area contributed by atoms with Crippen molar-refractivity contribution in [2.24, 2.45) is 0 Å². The number of benzene rings is 2. The number of imide groups is 1. The van der Waals surface area contributed by atoms with E-state index in [9.17, 15) is 23.6 Å². The van der Waals surface area contributed by atoms with Crippen molar-refractivity contribution in [1.29, 1.82) is 0 Å². The molecule has 1 fully saturated rings. The van der Waals surface area contributed by atoms with Crippen molar-refractivity contribution in [1.82, 2.24) is 10.2 Å². The van der Waals surface area contributed by atoms with Crippen molar-refractivity contribution in [2.75, 3.05) is 19.7 Å². The summed E-state index contributed by atoms with van der Waals surface area (Å²) in [7, 11) is 0. The molecule has 0 bridgehead atoms. The number of rotatable bonds is 10. The van der Waals surface area contributed by atoms with Gasteiger partial charge in [-0.15, -0.1) is 0 Å². The van der Waals surface area contributed by atoms with Gasteiger partial charge in [0.15, 0.2) is 5.78 Å². The lowest BCUT2D eigenvalue weighted by Crippen LogP contribution is -2.37. The van der Waals surface area contributed by atoms with Gasteiger partial charge in [-0.2, -0.15) is 0 Å². The number of ether oxygens (including phenoxy) is 1. The number of carbonyl (C=O) groups excluding carboxylic acids is 4. The molecular formula is C24H23FN2O5S. The quantitative estimate of drug-likeness (QED) is 0.320. The van der Waals surface area contributed by atoms with Crippen molar-refractivity contribution in [3.8, 4) is 5.75 Å². The SMILES string of the molecule is CC(=O)c1ccc(OCCCC(=O)NCCN2C(=O)S/C(=C\c3ccc(F)cc3)C2=O)cc1. The Morgan fingerprint density at radius 3 is 2.45 bits per heavy atom. The van der Waals surface area contributed by atoms with Gasteiger partial charge in [-0.25, -0.2) is 4.39 Å². The van der Waals surface area contributed by atoms with Crippen LogP contribution in [0.1, 0.15) is 35.7 Å². The predicted molar refractivity (Wildman–Crippen MR) is 123 cm³/mol. The van der Waals surface area contributed by atoms with Crippen LogP contribution in [0.2, 0.25) is 0 Å². The first-order chi connectivity index (χ1) is 15.8. The van der Waals surface area contributed by atoms with Gasteiger partial charge in [-0.05, 0) is 73.1 Å². The van der Waals surface area contributed by atoms with Crippen LogP contribution >= 0.6 is 11.8 Å². The van der Waals surface area contributed by atoms with Crippen LogP contribution in [0, 0.1) is 5.82 Å². The summed E-state index contributed by atoms with van der Waals surface area (Å²) in [5, 5.41) is 2.28. The zero-order valence-electron chi connectivity index (χ0n) is 18.0. The lowest BCUT2D eigenvalue weighted by atomic mass is 10.1. The molecule has 2 aromatic rings. The zero-order chi connectivity index (χ0) is 23.8. The fraction of sp³-hybridized carbons (Fsp3) is 0.250. The minimum absolute atomic E-state index is 0.0192. The van der Waals surface area contributed by atoms with Crippen LogP contribution in [0.15, 0.2) is 53.4 Å². The van der Waals surface area contributed by atoms with Crippen molar-refractivity contribution < 1.29 is 28.3 Å². The van der Waals surface area contributed by atoms with E-state index >= 15 is 0 Å². The number of Topliss-reactive ketones (excluding diaryl/α,β-unsaturated/α-hetero) is 1. The molecule has 0 spiro atoms. The molecule has 1 heterocycles. The number of halogens is 1. The highest BCUT2D eigenvalue weighted by molar-refractivity contribution is 8.18. The number of nitrogens with one attached hydrogen (secondary N) is 1. The molecule has 1 saturated heterocycles. The molecule has 172 valence electrons. The summed E-state index contributed by atoms with van der Waals surface area (Å²) < 4.78 is 18.6. The maximum Gasteiger partial charge on any atom is 0.293 e. The summed E-state index contributed by atoms with van der Waals surface area (Å²) in [6.07, 6.45) is 2.26. The zero-order valence-corrected chi connectivity index (χ0v) is 18.8. The van der Waals surface area contributed by atoms with E-state index in [1.165, 1.54) is 37.3 Å². The number of amides is 3. The van der Waals surface area contributed by atoms with Gasteiger partial charge in [0.05, 0.1) is 11.5 Å². The fourth-order valence-corrected chi connectivity index (χ4v) is 3.87. The van der Waals surface area contributed by atoms with Crippen molar-refractivity contribution in [3.05, 3.63) is 70.4 Å². The van der Waals surface area contributed by atoms with Crippen LogP contribution in [0.3, 0.4) is 0 Å². The van der Waals surface area contributed by atoms with Crippen molar-refractivity contribution in [3.63, 3.8) is 0 Å². The average Bonchev–Trinajstić information content (AvgIpc) is 3.06. The normalized spacial score (nSPS) is 14.6. The second-order valence-corrected chi connectivity index (χ2v) is 8.26. The third-order valence-corrected chi connectivity index (χ3v) is 5.68. The monoisotopic (exact) mass is 470 g/mol. The van der Waals surface area contributed by atoms with Crippen LogP contribution in [0.4, 0.5) is 9.18 Å². The summed E-state index contributed by atoms with van der Waals surface area (Å²) in [6.45, 7) is 2.04. The Labute approximate surface area is 195 Å². The van der Waals surface area contributed by atoms with Gasteiger partial charge in [-0.3, -0.25) is 24.1 Å². The standard InChI is InChI=1S/C24H23FN2O5S/c1-16(28)18-6-10-20(11-7-18)32-14-2-3-22(29)26-12-13-27-23(30)21(33-24(27)31)15-17-4-8-19(25)9-5-17/h4-11,15H,2-3,12-14H2,1H3,(H,26,29)/b21-15-. The molecule has 1 N–H and O–H groups in total. The van der Waals surface area contributed by atoms with Crippen LogP contribution in [-0.4, -0.2) is 47.4 Å². The molecule has 0 atom stereocenters. The van der Waals surface area contributed by atoms with Gasteiger partial charge in [0, 0.05) is 25.1 Å². The van der Waals surface area contributed by atoms with Gasteiger partial charge in [-0.1, -0.05) is 12.1 Å². The summed E-state index contributed by atoms with van der Waals surface area (Å²) in [5.41, 5.74) is 1.22. The first-order valence-electron chi connectivity index (χ1n) is 10.3. The highest BCUT2D eigenvalue weighted by Gasteiger charge is 2.34. The number of ketones is 1. The molecule has 2 aromatic carbocycles. The van der Waals surface area contributed by atoms with Crippen molar-refractivity contribution in [2.45, 2.75) is 19.8 Å². The Balaban J connectivity index is 1.36. The third kappa shape index (κ3) is 7.01. The summed E-state index contributed by atoms with van der Waals surface area (Å²) >= 11 is 0.814. The van der Waals surface area contributed by atoms with E-state index in [0.29, 0.717) is 29.9 Å². The van der Waals surface area contributed by atoms with E-state index in [2.05, 4.69) is 5.32 Å². The van der Waals surface area contributed by atoms with Crippen LogP contribution in [-0.2, 0) is 9.59 Å². The molecule has 1 aliphatic heterocycles. The van der Waals surface area contributed by atoms with E-state index < -0.39 is 11.1 Å². The van der Waals surface area contributed by atoms with E-state index in [4.69, 9.17) is 4.74 Å². The third-order valence-electron chi connectivity index (χ3n) is 4.78. The lowest BCUT2D eigenvalue weighted by Gasteiger charge is -2.13. The molecule has 1 aliphatic rings. The maximum absolute atomic E-state index is 13.0. The topological polar surface area (TPSA) is 92.8 Å². The smallest absolute Gasteiger partial charge is 0.293 e. The van der Waals surface area contributed by atoms with Crippen LogP contribution in [0.5, 0.6) is 5.75 Å². The van der Waals surface area contributed by atoms with Gasteiger partial charge >= 0.3 is 0 Å². The summed E-state index contributed by atoms with van der Waals surface area (Å²) in [6, 6.07) is 12.4. The van der Waals surface area contributed by atoms with E-state index in [-0.39, 0.29) is 41.9 Å². The molecule has 3 amide bonds. The van der Waals surface area contributed by atoms with Crippen molar-refractivity contribution >= 4 is 40.7 Å². The predicted octanol–water partition coefficient (Wildman–Crippen LogP) is 4.04. The molecule has 0 unspecified atom stereocenters. The Kier molecular flexibility index (Phi) is 8.37. The molecule has 0 saturated carbocycles. The molecule has 0 radical (unpaired) electrons. The first kappa shape index (κ1) is 24.2. The molecule has 7 nitrogen and oxygen atoms in total. The first-order valence-corrected chi connectivity index (χ1v) is 11.2. The second kappa shape index (κ2) is 11.4. The second-order valence-electron chi connectivity index (χ2n) is 7.27. The molecule has 0 aliphatic carbocycles. The number of hydrogen-bond acceptors (Lipinski definition) is 6. The Bertz CT molecular complexity index is 1070. The number of carbonyl (C=O) groups is 4. The Hall–Kier alpha value is -3.46. The van der Waals surface area contributed by atoms with E-state index in [0.717, 1.165) is 16.7 Å². The number of nitrogens with zero attached hydrogens (tertiary/aromatic N) is 1. The number of hydrogen-bond donors (Lipinski definition) is 1. The van der Waals surface area contributed by atoms with Gasteiger partial charge < -0.3 is 10.1 Å². The molecule has 33 heavy (non-hydrogen) atoms. The van der Waals surface area contributed by atoms with Gasteiger partial charge in [0.25, 0.3) is 11.1 Å². The van der Waals surface area contributed by atoms with Gasteiger partial charge in [0.1, 0.15) is 11.6 Å². The highest BCUT2D eigenvalue weighted by Crippen LogP contribution is 2.31. The van der Waals surface area contributed by atoms with E-state index in [1.54, 1.807) is 24.3 Å². The van der Waals surface area contributed by atoms with Crippen LogP contribution < -0.4 is 10.1 Å². The average molecular weight is 471 g/mol. The number of thioether (sulfide) groups is 1. The Morgan fingerprint density at radius 2 is 1.79 bits per heavy atom. The molecule has 9 heteroatoms. The molecular weight excluding hydrogens is 447 g/mol. The molecule has 3 rings (SSSR count). The highest BCUT2D eigenvalue weighted by atomic mass is 32.2. The minimum Gasteiger partial charge on any atom is -0.494 e. The summed E-state index contributed by atoms with van der Waals surface area (Å²) in [4.78, 5) is 49.2. The fourth-order valence-electron chi connectivity index (χ4n) is 3.01.